The molecule has 0 N–H and O–H groups in total. The molecule has 0 bridgehead atoms. The van der Waals surface area contributed by atoms with Gasteiger partial charge in [-0.05, 0) is 43.5 Å². The average molecular weight is 307 g/mol. The molecule has 104 valence electrons. The molecular formula is C15H15ClN2OS. The van der Waals surface area contributed by atoms with Crippen LogP contribution in [0.5, 0.6) is 5.75 Å². The summed E-state index contributed by atoms with van der Waals surface area (Å²) in [6, 6.07) is 6.00. The fraction of sp³-hybridized carbons (Fsp3) is 0.333. The number of nitrogens with zero attached hydrogens (tertiary/aromatic N) is 2. The number of thiazole rings is 1. The number of aryl methyl sites for hydroxylation is 3. The summed E-state index contributed by atoms with van der Waals surface area (Å²) < 4.78 is 5.75. The van der Waals surface area contributed by atoms with Crippen molar-refractivity contribution in [2.45, 2.75) is 33.8 Å². The van der Waals surface area contributed by atoms with Crippen molar-refractivity contribution in [2.75, 3.05) is 0 Å². The Morgan fingerprint density at radius 1 is 1.35 bits per heavy atom. The molecule has 0 saturated heterocycles. The predicted octanol–water partition coefficient (Wildman–Crippen LogP) is 4.43. The van der Waals surface area contributed by atoms with Crippen LogP contribution in [-0.2, 0) is 13.0 Å². The zero-order valence-electron chi connectivity index (χ0n) is 11.7. The molecule has 20 heavy (non-hydrogen) atoms. The SMILES string of the molecule is CCc1nc(COc2cc(C)c(Cl)c(C)c2)sc1C#N. The normalized spacial score (nSPS) is 10.3. The first-order valence-corrected chi connectivity index (χ1v) is 7.52. The molecule has 2 rings (SSSR count). The van der Waals surface area contributed by atoms with Gasteiger partial charge in [-0.15, -0.1) is 11.3 Å². The van der Waals surface area contributed by atoms with Crippen LogP contribution in [0.4, 0.5) is 0 Å². The van der Waals surface area contributed by atoms with Gasteiger partial charge < -0.3 is 4.74 Å². The van der Waals surface area contributed by atoms with E-state index in [0.717, 1.165) is 39.0 Å². The van der Waals surface area contributed by atoms with Crippen molar-refractivity contribution in [3.05, 3.63) is 43.9 Å². The Morgan fingerprint density at radius 2 is 2.00 bits per heavy atom. The van der Waals surface area contributed by atoms with Gasteiger partial charge in [-0.1, -0.05) is 18.5 Å². The van der Waals surface area contributed by atoms with E-state index >= 15 is 0 Å². The fourth-order valence-corrected chi connectivity index (χ4v) is 2.90. The zero-order valence-corrected chi connectivity index (χ0v) is 13.2. The lowest BCUT2D eigenvalue weighted by Gasteiger charge is -2.08. The molecule has 2 aromatic rings. The summed E-state index contributed by atoms with van der Waals surface area (Å²) in [5.74, 6) is 0.774. The molecule has 0 unspecified atom stereocenters. The molecule has 0 aliphatic carbocycles. The maximum atomic E-state index is 9.02. The van der Waals surface area contributed by atoms with Crippen LogP contribution in [0.25, 0.3) is 0 Å². The number of nitriles is 1. The Kier molecular flexibility index (Phi) is 4.64. The van der Waals surface area contributed by atoms with Gasteiger partial charge >= 0.3 is 0 Å². The number of aromatic nitrogens is 1. The molecule has 1 aromatic heterocycles. The van der Waals surface area contributed by atoms with E-state index in [1.54, 1.807) is 0 Å². The molecule has 0 fully saturated rings. The first-order valence-electron chi connectivity index (χ1n) is 6.33. The molecular weight excluding hydrogens is 292 g/mol. The maximum Gasteiger partial charge on any atom is 0.140 e. The van der Waals surface area contributed by atoms with Crippen LogP contribution in [0.2, 0.25) is 5.02 Å². The maximum absolute atomic E-state index is 9.02. The first-order chi connectivity index (χ1) is 9.55. The van der Waals surface area contributed by atoms with Crippen LogP contribution in [0.3, 0.4) is 0 Å². The van der Waals surface area contributed by atoms with Crippen LogP contribution >= 0.6 is 22.9 Å². The second-order valence-corrected chi connectivity index (χ2v) is 5.97. The predicted molar refractivity (Wildman–Crippen MR) is 81.5 cm³/mol. The molecule has 5 heteroatoms. The van der Waals surface area contributed by atoms with Crippen LogP contribution in [0, 0.1) is 25.2 Å². The second-order valence-electron chi connectivity index (χ2n) is 4.51. The van der Waals surface area contributed by atoms with Gasteiger partial charge in [0.25, 0.3) is 0 Å². The topological polar surface area (TPSA) is 45.9 Å². The van der Waals surface area contributed by atoms with E-state index in [2.05, 4.69) is 11.1 Å². The largest absolute Gasteiger partial charge is 0.486 e. The fourth-order valence-electron chi connectivity index (χ4n) is 1.92. The van der Waals surface area contributed by atoms with Gasteiger partial charge in [0.2, 0.25) is 0 Å². The Balaban J connectivity index is 2.13. The minimum absolute atomic E-state index is 0.375. The molecule has 1 aromatic carbocycles. The van der Waals surface area contributed by atoms with Crippen molar-refractivity contribution in [2.24, 2.45) is 0 Å². The quantitative estimate of drug-likeness (QED) is 0.839. The lowest BCUT2D eigenvalue weighted by molar-refractivity contribution is 0.305. The van der Waals surface area contributed by atoms with Gasteiger partial charge in [0, 0.05) is 5.02 Å². The third-order valence-corrected chi connectivity index (χ3v) is 4.52. The van der Waals surface area contributed by atoms with Crippen molar-refractivity contribution < 1.29 is 4.74 Å². The number of benzene rings is 1. The monoisotopic (exact) mass is 306 g/mol. The second kappa shape index (κ2) is 6.25. The summed E-state index contributed by atoms with van der Waals surface area (Å²) in [7, 11) is 0. The first kappa shape index (κ1) is 14.8. The molecule has 0 aliphatic heterocycles. The summed E-state index contributed by atoms with van der Waals surface area (Å²) in [6.07, 6.45) is 0.762. The number of hydrogen-bond acceptors (Lipinski definition) is 4. The molecule has 3 nitrogen and oxygen atoms in total. The summed E-state index contributed by atoms with van der Waals surface area (Å²) in [6.45, 7) is 6.27. The average Bonchev–Trinajstić information content (AvgIpc) is 2.84. The van der Waals surface area contributed by atoms with Crippen LogP contribution < -0.4 is 4.74 Å². The van der Waals surface area contributed by atoms with Crippen LogP contribution in [0.1, 0.15) is 33.6 Å². The lowest BCUT2D eigenvalue weighted by atomic mass is 10.1. The molecule has 0 aliphatic rings. The van der Waals surface area contributed by atoms with E-state index in [0.29, 0.717) is 11.5 Å². The Bertz CT molecular complexity index is 650. The van der Waals surface area contributed by atoms with E-state index in [9.17, 15) is 0 Å². The van der Waals surface area contributed by atoms with Crippen molar-refractivity contribution in [3.8, 4) is 11.8 Å². The van der Waals surface area contributed by atoms with Gasteiger partial charge in [-0.3, -0.25) is 0 Å². The minimum Gasteiger partial charge on any atom is -0.486 e. The zero-order chi connectivity index (χ0) is 14.7. The Hall–Kier alpha value is -1.57. The van der Waals surface area contributed by atoms with E-state index < -0.39 is 0 Å². The molecule has 0 amide bonds. The third kappa shape index (κ3) is 3.12. The van der Waals surface area contributed by atoms with E-state index in [-0.39, 0.29) is 0 Å². The number of halogens is 1. The summed E-state index contributed by atoms with van der Waals surface area (Å²) in [5.41, 5.74) is 2.83. The van der Waals surface area contributed by atoms with Gasteiger partial charge in [-0.2, -0.15) is 5.26 Å². The molecule has 0 saturated carbocycles. The van der Waals surface area contributed by atoms with Crippen molar-refractivity contribution in [1.82, 2.24) is 4.98 Å². The van der Waals surface area contributed by atoms with E-state index in [4.69, 9.17) is 21.6 Å². The summed E-state index contributed by atoms with van der Waals surface area (Å²) in [4.78, 5) is 5.10. The highest BCUT2D eigenvalue weighted by Gasteiger charge is 2.10. The summed E-state index contributed by atoms with van der Waals surface area (Å²) >= 11 is 7.52. The highest BCUT2D eigenvalue weighted by atomic mass is 35.5. The number of rotatable bonds is 4. The number of hydrogen-bond donors (Lipinski definition) is 0. The molecule has 0 radical (unpaired) electrons. The minimum atomic E-state index is 0.375. The van der Waals surface area contributed by atoms with Gasteiger partial charge in [0.05, 0.1) is 5.69 Å². The van der Waals surface area contributed by atoms with E-state index in [1.807, 2.05) is 32.9 Å². The third-order valence-electron chi connectivity index (χ3n) is 2.95. The molecule has 1 heterocycles. The van der Waals surface area contributed by atoms with Crippen molar-refractivity contribution >= 4 is 22.9 Å². The molecule has 0 atom stereocenters. The molecule has 0 spiro atoms. The van der Waals surface area contributed by atoms with Gasteiger partial charge in [0.15, 0.2) is 0 Å². The smallest absolute Gasteiger partial charge is 0.140 e. The number of ether oxygens (including phenoxy) is 1. The van der Waals surface area contributed by atoms with Gasteiger partial charge in [0.1, 0.15) is 28.3 Å². The van der Waals surface area contributed by atoms with Crippen LogP contribution in [0.15, 0.2) is 12.1 Å². The van der Waals surface area contributed by atoms with Crippen molar-refractivity contribution in [1.29, 1.82) is 5.26 Å². The van der Waals surface area contributed by atoms with Gasteiger partial charge in [-0.25, -0.2) is 4.98 Å². The Morgan fingerprint density at radius 3 is 2.50 bits per heavy atom. The van der Waals surface area contributed by atoms with Crippen molar-refractivity contribution in [3.63, 3.8) is 0 Å². The highest BCUT2D eigenvalue weighted by Crippen LogP contribution is 2.27. The standard InChI is InChI=1S/C15H15ClN2OS/c1-4-12-13(7-17)20-14(18-12)8-19-11-5-9(2)15(16)10(3)6-11/h5-6H,4,8H2,1-3H3. The lowest BCUT2D eigenvalue weighted by Crippen LogP contribution is -1.96. The highest BCUT2D eigenvalue weighted by molar-refractivity contribution is 7.12. The van der Waals surface area contributed by atoms with Crippen LogP contribution in [-0.4, -0.2) is 4.98 Å². The Labute approximate surface area is 127 Å². The summed E-state index contributed by atoms with van der Waals surface area (Å²) in [5, 5.41) is 10.6. The van der Waals surface area contributed by atoms with E-state index in [1.165, 1.54) is 11.3 Å².